The monoisotopic (exact) mass is 434 g/mol. The highest BCUT2D eigenvalue weighted by Gasteiger charge is 2.31. The van der Waals surface area contributed by atoms with Crippen LogP contribution in [-0.2, 0) is 22.6 Å². The van der Waals surface area contributed by atoms with Crippen LogP contribution in [0.2, 0.25) is 0 Å². The maximum atomic E-state index is 13.3. The van der Waals surface area contributed by atoms with Gasteiger partial charge in [0.15, 0.2) is 0 Å². The quantitative estimate of drug-likeness (QED) is 0.780. The van der Waals surface area contributed by atoms with Crippen molar-refractivity contribution >= 4 is 17.5 Å². The van der Waals surface area contributed by atoms with Crippen molar-refractivity contribution in [3.05, 3.63) is 58.4 Å². The maximum Gasteiger partial charge on any atom is 0.227 e. The largest absolute Gasteiger partial charge is 0.338 e. The molecule has 0 spiro atoms. The first-order valence-corrected chi connectivity index (χ1v) is 11.7. The maximum absolute atomic E-state index is 13.3. The van der Waals surface area contributed by atoms with Crippen molar-refractivity contribution in [2.75, 3.05) is 31.5 Å². The normalized spacial score (nSPS) is 18.8. The highest BCUT2D eigenvalue weighted by molar-refractivity contribution is 5.90. The molecule has 1 atom stereocenters. The molecule has 0 saturated carbocycles. The molecule has 1 N–H and O–H groups in total. The lowest BCUT2D eigenvalue weighted by Gasteiger charge is -2.37. The minimum absolute atomic E-state index is 0.0117. The fourth-order valence-electron chi connectivity index (χ4n) is 4.79. The van der Waals surface area contributed by atoms with E-state index in [4.69, 9.17) is 0 Å². The van der Waals surface area contributed by atoms with E-state index < -0.39 is 0 Å². The number of nitrogens with one attached hydrogen (secondary N) is 1. The highest BCUT2D eigenvalue weighted by atomic mass is 16.2. The highest BCUT2D eigenvalue weighted by Crippen LogP contribution is 2.26. The predicted molar refractivity (Wildman–Crippen MR) is 126 cm³/mol. The minimum Gasteiger partial charge on any atom is -0.338 e. The summed E-state index contributed by atoms with van der Waals surface area (Å²) >= 11 is 0. The van der Waals surface area contributed by atoms with E-state index >= 15 is 0 Å². The molecule has 1 unspecified atom stereocenters. The van der Waals surface area contributed by atoms with E-state index in [1.807, 2.05) is 24.0 Å². The van der Waals surface area contributed by atoms with E-state index in [9.17, 15) is 9.59 Å². The molecular formula is C26H34N4O2. The molecule has 6 heteroatoms. The van der Waals surface area contributed by atoms with Crippen LogP contribution in [0.25, 0.3) is 0 Å². The molecule has 0 radical (unpaired) electrons. The molecule has 1 fully saturated rings. The SMILES string of the molecule is Cc1ccc(NC(=O)CCN2CCCC(C(=O)N3CCc4cc(C)c(C)cc4C3)C2)cn1. The number of amides is 2. The van der Waals surface area contributed by atoms with Crippen molar-refractivity contribution in [1.82, 2.24) is 14.8 Å². The van der Waals surface area contributed by atoms with Gasteiger partial charge in [-0.2, -0.15) is 0 Å². The van der Waals surface area contributed by atoms with Gasteiger partial charge in [-0.15, -0.1) is 0 Å². The van der Waals surface area contributed by atoms with Crippen LogP contribution in [0.15, 0.2) is 30.5 Å². The lowest BCUT2D eigenvalue weighted by molar-refractivity contribution is -0.138. The minimum atomic E-state index is -0.0117. The topological polar surface area (TPSA) is 65.5 Å². The molecule has 2 aliphatic rings. The van der Waals surface area contributed by atoms with Crippen molar-refractivity contribution in [2.45, 2.75) is 53.0 Å². The lowest BCUT2D eigenvalue weighted by atomic mass is 9.92. The van der Waals surface area contributed by atoms with Gasteiger partial charge in [-0.3, -0.25) is 14.6 Å². The van der Waals surface area contributed by atoms with E-state index in [1.54, 1.807) is 6.20 Å². The van der Waals surface area contributed by atoms with Gasteiger partial charge in [0.05, 0.1) is 17.8 Å². The van der Waals surface area contributed by atoms with Crippen molar-refractivity contribution in [3.63, 3.8) is 0 Å². The Morgan fingerprint density at radius 1 is 1.09 bits per heavy atom. The van der Waals surface area contributed by atoms with Crippen molar-refractivity contribution in [1.29, 1.82) is 0 Å². The van der Waals surface area contributed by atoms with Crippen LogP contribution in [0, 0.1) is 26.7 Å². The number of fused-ring (bicyclic) bond motifs is 1. The van der Waals surface area contributed by atoms with Gasteiger partial charge in [0.25, 0.3) is 0 Å². The summed E-state index contributed by atoms with van der Waals surface area (Å²) in [5, 5.41) is 2.91. The molecule has 6 nitrogen and oxygen atoms in total. The van der Waals surface area contributed by atoms with Gasteiger partial charge in [0.2, 0.25) is 11.8 Å². The molecule has 1 aromatic heterocycles. The number of hydrogen-bond donors (Lipinski definition) is 1. The molecule has 0 bridgehead atoms. The van der Waals surface area contributed by atoms with Crippen molar-refractivity contribution < 1.29 is 9.59 Å². The van der Waals surface area contributed by atoms with E-state index in [0.717, 1.165) is 56.8 Å². The Morgan fingerprint density at radius 3 is 2.62 bits per heavy atom. The Morgan fingerprint density at radius 2 is 1.88 bits per heavy atom. The average Bonchev–Trinajstić information content (AvgIpc) is 2.79. The molecule has 170 valence electrons. The number of aromatic nitrogens is 1. The third-order valence-corrected chi connectivity index (χ3v) is 6.84. The Kier molecular flexibility index (Phi) is 6.89. The number of nitrogens with zero attached hydrogens (tertiary/aromatic N) is 3. The van der Waals surface area contributed by atoms with Crippen LogP contribution in [0.1, 0.15) is 47.2 Å². The summed E-state index contributed by atoms with van der Waals surface area (Å²) < 4.78 is 0. The second kappa shape index (κ2) is 9.82. The first-order chi connectivity index (χ1) is 15.4. The Labute approximate surface area is 191 Å². The van der Waals surface area contributed by atoms with E-state index in [2.05, 4.69) is 41.2 Å². The van der Waals surface area contributed by atoms with E-state index in [0.29, 0.717) is 13.0 Å². The number of benzene rings is 1. The first kappa shape index (κ1) is 22.5. The smallest absolute Gasteiger partial charge is 0.227 e. The number of piperidine rings is 1. The summed E-state index contributed by atoms with van der Waals surface area (Å²) in [6.07, 6.45) is 4.98. The number of aryl methyl sites for hydroxylation is 3. The lowest BCUT2D eigenvalue weighted by Crippen LogP contribution is -2.46. The second-order valence-corrected chi connectivity index (χ2v) is 9.34. The van der Waals surface area contributed by atoms with Gasteiger partial charge < -0.3 is 15.1 Å². The number of likely N-dealkylation sites (tertiary alicyclic amines) is 1. The van der Waals surface area contributed by atoms with E-state index in [1.165, 1.54) is 22.3 Å². The number of anilines is 1. The zero-order chi connectivity index (χ0) is 22.7. The number of hydrogen-bond acceptors (Lipinski definition) is 4. The van der Waals surface area contributed by atoms with Gasteiger partial charge in [0, 0.05) is 38.3 Å². The summed E-state index contributed by atoms with van der Waals surface area (Å²) in [4.78, 5) is 34.1. The summed E-state index contributed by atoms with van der Waals surface area (Å²) in [6, 6.07) is 8.29. The number of carbonyl (C=O) groups is 2. The summed E-state index contributed by atoms with van der Waals surface area (Å²) in [7, 11) is 0. The Bertz CT molecular complexity index is 986. The zero-order valence-electron chi connectivity index (χ0n) is 19.5. The van der Waals surface area contributed by atoms with Crippen LogP contribution < -0.4 is 5.32 Å². The van der Waals surface area contributed by atoms with Crippen molar-refractivity contribution in [2.24, 2.45) is 5.92 Å². The van der Waals surface area contributed by atoms with Gasteiger partial charge in [-0.05, 0) is 81.0 Å². The molecule has 2 aliphatic heterocycles. The molecule has 1 aromatic carbocycles. The predicted octanol–water partition coefficient (Wildman–Crippen LogP) is 3.63. The van der Waals surface area contributed by atoms with Gasteiger partial charge in [0.1, 0.15) is 0 Å². The standard InChI is InChI=1S/C26H34N4O2/c1-18-13-21-8-12-30(17-23(21)14-19(18)2)26(32)22-5-4-10-29(16-22)11-9-25(31)28-24-7-6-20(3)27-15-24/h6-7,13-15,22H,4-5,8-12,16-17H2,1-3H3,(H,28,31). The average molecular weight is 435 g/mol. The molecule has 32 heavy (non-hydrogen) atoms. The first-order valence-electron chi connectivity index (χ1n) is 11.7. The summed E-state index contributed by atoms with van der Waals surface area (Å²) in [5.41, 5.74) is 6.95. The fraction of sp³-hybridized carbons (Fsp3) is 0.500. The second-order valence-electron chi connectivity index (χ2n) is 9.34. The van der Waals surface area contributed by atoms with Gasteiger partial charge in [-0.1, -0.05) is 12.1 Å². The zero-order valence-corrected chi connectivity index (χ0v) is 19.5. The number of rotatable bonds is 5. The Balaban J connectivity index is 1.28. The molecule has 2 amide bonds. The number of pyridine rings is 1. The molecule has 1 saturated heterocycles. The van der Waals surface area contributed by atoms with Crippen LogP contribution in [0.3, 0.4) is 0 Å². The van der Waals surface area contributed by atoms with Gasteiger partial charge >= 0.3 is 0 Å². The fourth-order valence-corrected chi connectivity index (χ4v) is 4.79. The molecular weight excluding hydrogens is 400 g/mol. The number of carbonyl (C=O) groups excluding carboxylic acids is 2. The summed E-state index contributed by atoms with van der Waals surface area (Å²) in [5.74, 6) is 0.289. The molecule has 4 rings (SSSR count). The van der Waals surface area contributed by atoms with Crippen LogP contribution in [0.4, 0.5) is 5.69 Å². The van der Waals surface area contributed by atoms with Gasteiger partial charge in [-0.25, -0.2) is 0 Å². The summed E-state index contributed by atoms with van der Waals surface area (Å²) in [6.45, 7) is 10.1. The third-order valence-electron chi connectivity index (χ3n) is 6.84. The van der Waals surface area contributed by atoms with Crippen LogP contribution >= 0.6 is 0 Å². The van der Waals surface area contributed by atoms with Crippen molar-refractivity contribution in [3.8, 4) is 0 Å². The van der Waals surface area contributed by atoms with Crippen LogP contribution in [-0.4, -0.2) is 52.8 Å². The third kappa shape index (κ3) is 5.36. The van der Waals surface area contributed by atoms with E-state index in [-0.39, 0.29) is 17.7 Å². The molecule has 0 aliphatic carbocycles. The van der Waals surface area contributed by atoms with Crippen LogP contribution in [0.5, 0.6) is 0 Å². The molecule has 2 aromatic rings. The Hall–Kier alpha value is -2.73. The molecule has 3 heterocycles.